The zero-order valence-corrected chi connectivity index (χ0v) is 14.7. The number of aromatic hydroxyl groups is 1. The molecule has 0 aromatic heterocycles. The van der Waals surface area contributed by atoms with Gasteiger partial charge in [0.2, 0.25) is 5.91 Å². The number of likely N-dealkylation sites (N-methyl/N-ethyl adjacent to an activating group) is 1. The van der Waals surface area contributed by atoms with Gasteiger partial charge in [0.25, 0.3) is 0 Å². The van der Waals surface area contributed by atoms with Gasteiger partial charge in [-0.05, 0) is 35.3 Å². The Morgan fingerprint density at radius 1 is 1.08 bits per heavy atom. The van der Waals surface area contributed by atoms with Crippen molar-refractivity contribution < 1.29 is 9.90 Å². The molecular formula is C21H24N2O2. The predicted molar refractivity (Wildman–Crippen MR) is 100 cm³/mol. The van der Waals surface area contributed by atoms with Crippen molar-refractivity contribution in [3.05, 3.63) is 71.8 Å². The van der Waals surface area contributed by atoms with Gasteiger partial charge in [-0.15, -0.1) is 0 Å². The fraction of sp³-hybridized carbons (Fsp3) is 0.286. The Hall–Kier alpha value is -2.59. The molecule has 0 saturated heterocycles. The third kappa shape index (κ3) is 3.91. The van der Waals surface area contributed by atoms with Crippen LogP contribution in [0.3, 0.4) is 0 Å². The van der Waals surface area contributed by atoms with Crippen LogP contribution in [-0.2, 0) is 4.79 Å². The number of benzene rings is 2. The van der Waals surface area contributed by atoms with Crippen LogP contribution < -0.4 is 0 Å². The maximum atomic E-state index is 12.8. The van der Waals surface area contributed by atoms with Crippen molar-refractivity contribution in [1.82, 2.24) is 9.80 Å². The smallest absolute Gasteiger partial charge is 0.244 e. The summed E-state index contributed by atoms with van der Waals surface area (Å²) in [6.45, 7) is 1.56. The molecule has 0 aliphatic carbocycles. The van der Waals surface area contributed by atoms with Gasteiger partial charge in [-0.2, -0.15) is 0 Å². The van der Waals surface area contributed by atoms with E-state index in [4.69, 9.17) is 0 Å². The molecule has 130 valence electrons. The highest BCUT2D eigenvalue weighted by atomic mass is 16.3. The second-order valence-electron chi connectivity index (χ2n) is 6.57. The number of phenolic OH excluding ortho intramolecular Hbond substituents is 1. The van der Waals surface area contributed by atoms with Gasteiger partial charge < -0.3 is 10.0 Å². The monoisotopic (exact) mass is 336 g/mol. The van der Waals surface area contributed by atoms with E-state index in [2.05, 4.69) is 11.0 Å². The van der Waals surface area contributed by atoms with Crippen molar-refractivity contribution in [2.24, 2.45) is 0 Å². The van der Waals surface area contributed by atoms with E-state index in [1.807, 2.05) is 42.5 Å². The highest BCUT2D eigenvalue weighted by molar-refractivity contribution is 5.83. The molecule has 4 heteroatoms. The number of carbonyl (C=O) groups excluding carboxylic acids is 1. The van der Waals surface area contributed by atoms with Gasteiger partial charge in [0, 0.05) is 27.2 Å². The van der Waals surface area contributed by atoms with Crippen LogP contribution in [0.25, 0.3) is 5.57 Å². The van der Waals surface area contributed by atoms with Gasteiger partial charge in [-0.3, -0.25) is 9.69 Å². The van der Waals surface area contributed by atoms with Crippen LogP contribution in [0, 0.1) is 0 Å². The Labute approximate surface area is 149 Å². The lowest BCUT2D eigenvalue weighted by atomic mass is 9.96. The molecular weight excluding hydrogens is 312 g/mol. The molecule has 0 unspecified atom stereocenters. The second kappa shape index (κ2) is 7.53. The number of amides is 1. The van der Waals surface area contributed by atoms with Crippen LogP contribution in [0.5, 0.6) is 5.75 Å². The van der Waals surface area contributed by atoms with E-state index in [1.165, 1.54) is 5.57 Å². The zero-order chi connectivity index (χ0) is 17.8. The van der Waals surface area contributed by atoms with E-state index in [9.17, 15) is 9.90 Å². The molecule has 1 heterocycles. The molecule has 0 saturated carbocycles. The summed E-state index contributed by atoms with van der Waals surface area (Å²) in [5.41, 5.74) is 3.43. The summed E-state index contributed by atoms with van der Waals surface area (Å²) < 4.78 is 0. The van der Waals surface area contributed by atoms with E-state index >= 15 is 0 Å². The Morgan fingerprint density at radius 2 is 1.76 bits per heavy atom. The molecule has 0 bridgehead atoms. The molecule has 1 N–H and O–H groups in total. The molecule has 2 aromatic rings. The third-order valence-electron chi connectivity index (χ3n) is 4.63. The van der Waals surface area contributed by atoms with E-state index in [0.29, 0.717) is 0 Å². The van der Waals surface area contributed by atoms with Crippen molar-refractivity contribution in [3.63, 3.8) is 0 Å². The average molecular weight is 336 g/mol. The summed E-state index contributed by atoms with van der Waals surface area (Å²) in [5, 5.41) is 9.44. The summed E-state index contributed by atoms with van der Waals surface area (Å²) >= 11 is 0. The van der Waals surface area contributed by atoms with Crippen LogP contribution >= 0.6 is 0 Å². The lowest BCUT2D eigenvalue weighted by molar-refractivity contribution is -0.134. The highest BCUT2D eigenvalue weighted by Crippen LogP contribution is 2.29. The predicted octanol–water partition coefficient (Wildman–Crippen LogP) is 3.31. The number of phenols is 1. The van der Waals surface area contributed by atoms with E-state index in [0.717, 1.165) is 30.6 Å². The van der Waals surface area contributed by atoms with Crippen LogP contribution in [0.15, 0.2) is 60.7 Å². The number of nitrogens with zero attached hydrogens (tertiary/aromatic N) is 2. The molecule has 0 fully saturated rings. The minimum absolute atomic E-state index is 0.104. The number of rotatable bonds is 4. The van der Waals surface area contributed by atoms with Crippen molar-refractivity contribution in [3.8, 4) is 5.75 Å². The summed E-state index contributed by atoms with van der Waals surface area (Å²) in [6.07, 6.45) is 3.07. The van der Waals surface area contributed by atoms with Crippen molar-refractivity contribution in [1.29, 1.82) is 0 Å². The topological polar surface area (TPSA) is 43.8 Å². The fourth-order valence-corrected chi connectivity index (χ4v) is 3.25. The molecule has 2 aromatic carbocycles. The lowest BCUT2D eigenvalue weighted by Gasteiger charge is -2.34. The van der Waals surface area contributed by atoms with Gasteiger partial charge in [-0.25, -0.2) is 0 Å². The van der Waals surface area contributed by atoms with Gasteiger partial charge in [0.1, 0.15) is 11.8 Å². The maximum Gasteiger partial charge on any atom is 0.244 e. The Bertz CT molecular complexity index is 751. The number of hydrogen-bond acceptors (Lipinski definition) is 3. The van der Waals surface area contributed by atoms with Gasteiger partial charge in [0.15, 0.2) is 0 Å². The molecule has 25 heavy (non-hydrogen) atoms. The van der Waals surface area contributed by atoms with Gasteiger partial charge in [0.05, 0.1) is 0 Å². The molecule has 1 aliphatic heterocycles. The zero-order valence-electron chi connectivity index (χ0n) is 14.7. The van der Waals surface area contributed by atoms with E-state index in [-0.39, 0.29) is 17.7 Å². The van der Waals surface area contributed by atoms with Crippen molar-refractivity contribution in [2.75, 3.05) is 27.2 Å². The van der Waals surface area contributed by atoms with Crippen LogP contribution in [-0.4, -0.2) is 48.0 Å². The molecule has 1 aliphatic rings. The average Bonchev–Trinajstić information content (AvgIpc) is 2.64. The number of carbonyl (C=O) groups is 1. The normalized spacial score (nSPS) is 16.2. The van der Waals surface area contributed by atoms with Gasteiger partial charge in [-0.1, -0.05) is 48.5 Å². The second-order valence-corrected chi connectivity index (χ2v) is 6.57. The molecule has 0 radical (unpaired) electrons. The maximum absolute atomic E-state index is 12.8. The van der Waals surface area contributed by atoms with Crippen LogP contribution in [0.4, 0.5) is 0 Å². The Balaban J connectivity index is 1.82. The standard InChI is InChI=1S/C21H24N2O2/c1-22(2)21(25)20(18-6-4-3-5-7-18)23-14-12-17(13-15-23)16-8-10-19(24)11-9-16/h3-12,20,24H,13-15H2,1-2H3/t20-/m0/s1. The molecule has 1 atom stereocenters. The SMILES string of the molecule is CN(C)C(=O)[C@H](c1ccccc1)N1CC=C(c2ccc(O)cc2)CC1. The summed E-state index contributed by atoms with van der Waals surface area (Å²) in [5.74, 6) is 0.384. The third-order valence-corrected chi connectivity index (χ3v) is 4.63. The van der Waals surface area contributed by atoms with Crippen molar-refractivity contribution >= 4 is 11.5 Å². The summed E-state index contributed by atoms with van der Waals surface area (Å²) in [6, 6.07) is 17.0. The van der Waals surface area contributed by atoms with Crippen LogP contribution in [0.2, 0.25) is 0 Å². The highest BCUT2D eigenvalue weighted by Gasteiger charge is 2.29. The molecule has 1 amide bonds. The van der Waals surface area contributed by atoms with E-state index < -0.39 is 0 Å². The molecule has 0 spiro atoms. The summed E-state index contributed by atoms with van der Waals surface area (Å²) in [4.78, 5) is 16.7. The molecule has 3 rings (SSSR count). The van der Waals surface area contributed by atoms with Crippen molar-refractivity contribution in [2.45, 2.75) is 12.5 Å². The first-order valence-corrected chi connectivity index (χ1v) is 8.55. The lowest BCUT2D eigenvalue weighted by Crippen LogP contribution is -2.42. The number of hydrogen-bond donors (Lipinski definition) is 1. The first-order valence-electron chi connectivity index (χ1n) is 8.55. The Kier molecular flexibility index (Phi) is 5.19. The molecule has 4 nitrogen and oxygen atoms in total. The van der Waals surface area contributed by atoms with Gasteiger partial charge >= 0.3 is 0 Å². The summed E-state index contributed by atoms with van der Waals surface area (Å²) in [7, 11) is 3.61. The van der Waals surface area contributed by atoms with Crippen LogP contribution in [0.1, 0.15) is 23.6 Å². The first-order chi connectivity index (χ1) is 12.1. The quantitative estimate of drug-likeness (QED) is 0.931. The first kappa shape index (κ1) is 17.2. The Morgan fingerprint density at radius 3 is 2.32 bits per heavy atom. The van der Waals surface area contributed by atoms with E-state index in [1.54, 1.807) is 31.1 Å². The largest absolute Gasteiger partial charge is 0.508 e. The fourth-order valence-electron chi connectivity index (χ4n) is 3.25. The minimum atomic E-state index is -0.256. The minimum Gasteiger partial charge on any atom is -0.508 e.